The van der Waals surface area contributed by atoms with Gasteiger partial charge >= 0.3 is 6.11 Å². The number of aliphatic hydroxyl groups is 2. The smallest absolute Gasteiger partial charge is 0.359 e. The van der Waals surface area contributed by atoms with Crippen molar-refractivity contribution in [3.63, 3.8) is 0 Å². The summed E-state index contributed by atoms with van der Waals surface area (Å²) < 4.78 is 37.9. The van der Waals surface area contributed by atoms with Crippen molar-refractivity contribution in [3.8, 4) is 16.9 Å². The van der Waals surface area contributed by atoms with Crippen LogP contribution in [0.1, 0.15) is 23.9 Å². The molecule has 32 heavy (non-hydrogen) atoms. The number of nitrogens with zero attached hydrogens (tertiary/aromatic N) is 2. The standard InChI is InChI=1S/C24H24F2N2O4/c25-24(26)13-22(16-31-24)32-21-9-6-19(7-10-21)18-4-1-17(2-5-18)3-8-20(14-29)28-12-11-27-23(28)15-30/h1-12,20,22,29-30H,13-16H2/b8-3+/t20?,22-/m0/s1. The lowest BCUT2D eigenvalue weighted by atomic mass is 10.0. The van der Waals surface area contributed by atoms with Gasteiger partial charge in [-0.3, -0.25) is 0 Å². The fourth-order valence-electron chi connectivity index (χ4n) is 3.61. The lowest BCUT2D eigenvalue weighted by molar-refractivity contribution is -0.205. The highest BCUT2D eigenvalue weighted by molar-refractivity contribution is 5.66. The molecule has 0 bridgehead atoms. The zero-order valence-corrected chi connectivity index (χ0v) is 17.3. The summed E-state index contributed by atoms with van der Waals surface area (Å²) in [6.07, 6.45) is 2.87. The Hall–Kier alpha value is -3.07. The molecule has 1 saturated heterocycles. The molecule has 0 saturated carbocycles. The van der Waals surface area contributed by atoms with Gasteiger partial charge in [0.25, 0.3) is 0 Å². The summed E-state index contributed by atoms with van der Waals surface area (Å²) in [5.41, 5.74) is 2.93. The Morgan fingerprint density at radius 2 is 1.81 bits per heavy atom. The summed E-state index contributed by atoms with van der Waals surface area (Å²) in [7, 11) is 0. The maximum absolute atomic E-state index is 13.1. The van der Waals surface area contributed by atoms with Gasteiger partial charge in [-0.25, -0.2) is 4.98 Å². The summed E-state index contributed by atoms with van der Waals surface area (Å²) in [6.45, 7) is -0.434. The van der Waals surface area contributed by atoms with Gasteiger partial charge in [0.1, 0.15) is 24.3 Å². The fraction of sp³-hybridized carbons (Fsp3) is 0.292. The summed E-state index contributed by atoms with van der Waals surface area (Å²) >= 11 is 0. The highest BCUT2D eigenvalue weighted by Crippen LogP contribution is 2.32. The lowest BCUT2D eigenvalue weighted by Gasteiger charge is -2.14. The topological polar surface area (TPSA) is 76.7 Å². The highest BCUT2D eigenvalue weighted by Gasteiger charge is 2.42. The number of aromatic nitrogens is 2. The Morgan fingerprint density at radius 3 is 2.41 bits per heavy atom. The van der Waals surface area contributed by atoms with Gasteiger partial charge in [-0.15, -0.1) is 0 Å². The van der Waals surface area contributed by atoms with E-state index in [9.17, 15) is 19.0 Å². The van der Waals surface area contributed by atoms with Gasteiger partial charge < -0.3 is 24.3 Å². The maximum Gasteiger partial charge on any atom is 0.359 e. The molecule has 2 heterocycles. The van der Waals surface area contributed by atoms with Gasteiger partial charge in [-0.05, 0) is 28.8 Å². The van der Waals surface area contributed by atoms with E-state index >= 15 is 0 Å². The molecular formula is C24H24F2N2O4. The van der Waals surface area contributed by atoms with Crippen molar-refractivity contribution in [1.82, 2.24) is 9.55 Å². The molecule has 3 aromatic rings. The number of halogens is 2. The zero-order chi connectivity index (χ0) is 22.6. The van der Waals surface area contributed by atoms with Gasteiger partial charge in [0.2, 0.25) is 0 Å². The first-order valence-electron chi connectivity index (χ1n) is 10.3. The third kappa shape index (κ3) is 5.21. The molecule has 0 radical (unpaired) electrons. The van der Waals surface area contributed by atoms with Crippen LogP contribution in [0.4, 0.5) is 8.78 Å². The molecule has 0 amide bonds. The van der Waals surface area contributed by atoms with Gasteiger partial charge in [0.15, 0.2) is 0 Å². The first kappa shape index (κ1) is 22.1. The average Bonchev–Trinajstić information content (AvgIpc) is 3.41. The van der Waals surface area contributed by atoms with E-state index in [0.29, 0.717) is 11.6 Å². The Balaban J connectivity index is 1.39. The van der Waals surface area contributed by atoms with Gasteiger partial charge in [0, 0.05) is 12.4 Å². The van der Waals surface area contributed by atoms with Crippen molar-refractivity contribution < 1.29 is 28.5 Å². The number of rotatable bonds is 8. The van der Waals surface area contributed by atoms with Gasteiger partial charge in [-0.1, -0.05) is 48.6 Å². The van der Waals surface area contributed by atoms with Crippen LogP contribution >= 0.6 is 0 Å². The number of hydrogen-bond acceptors (Lipinski definition) is 5. The Labute approximate surface area is 184 Å². The number of imidazole rings is 1. The van der Waals surface area contributed by atoms with Gasteiger partial charge in [0.05, 0.1) is 25.7 Å². The quantitative estimate of drug-likeness (QED) is 0.551. The van der Waals surface area contributed by atoms with E-state index < -0.39 is 18.6 Å². The van der Waals surface area contributed by atoms with E-state index in [1.807, 2.05) is 48.6 Å². The molecule has 4 rings (SSSR count). The normalized spacial score (nSPS) is 18.8. The van der Waals surface area contributed by atoms with Crippen LogP contribution in [-0.4, -0.2) is 45.2 Å². The summed E-state index contributed by atoms with van der Waals surface area (Å²) in [5.74, 6) is 1.02. The van der Waals surface area contributed by atoms with E-state index in [1.165, 1.54) is 0 Å². The van der Waals surface area contributed by atoms with Crippen LogP contribution in [0.15, 0.2) is 67.0 Å². The first-order chi connectivity index (χ1) is 15.5. The molecule has 2 atom stereocenters. The summed E-state index contributed by atoms with van der Waals surface area (Å²) in [4.78, 5) is 4.06. The summed E-state index contributed by atoms with van der Waals surface area (Å²) in [6, 6.07) is 14.8. The third-order valence-electron chi connectivity index (χ3n) is 5.29. The average molecular weight is 442 g/mol. The monoisotopic (exact) mass is 442 g/mol. The molecule has 1 aliphatic heterocycles. The van der Waals surface area contributed by atoms with E-state index in [0.717, 1.165) is 16.7 Å². The highest BCUT2D eigenvalue weighted by atomic mass is 19.3. The zero-order valence-electron chi connectivity index (χ0n) is 17.3. The van der Waals surface area contributed by atoms with Crippen LogP contribution in [0.5, 0.6) is 5.75 Å². The largest absolute Gasteiger partial charge is 0.488 e. The van der Waals surface area contributed by atoms with Crippen LogP contribution in [-0.2, 0) is 11.3 Å². The molecule has 1 fully saturated rings. The molecule has 1 unspecified atom stereocenters. The van der Waals surface area contributed by atoms with Crippen molar-refractivity contribution in [1.29, 1.82) is 0 Å². The fourth-order valence-corrected chi connectivity index (χ4v) is 3.61. The van der Waals surface area contributed by atoms with Crippen LogP contribution in [0, 0.1) is 0 Å². The molecule has 2 aromatic carbocycles. The second kappa shape index (κ2) is 9.60. The van der Waals surface area contributed by atoms with Crippen LogP contribution in [0.2, 0.25) is 0 Å². The predicted octanol–water partition coefficient (Wildman–Crippen LogP) is 4.05. The molecule has 2 N–H and O–H groups in total. The maximum atomic E-state index is 13.1. The third-order valence-corrected chi connectivity index (χ3v) is 5.29. The number of benzene rings is 2. The van der Waals surface area contributed by atoms with Crippen molar-refractivity contribution in [3.05, 3.63) is 78.4 Å². The molecule has 1 aromatic heterocycles. The van der Waals surface area contributed by atoms with Crippen LogP contribution < -0.4 is 4.74 Å². The molecular weight excluding hydrogens is 418 g/mol. The van der Waals surface area contributed by atoms with E-state index in [-0.39, 0.29) is 25.9 Å². The minimum absolute atomic E-state index is 0.114. The number of aliphatic hydroxyl groups excluding tert-OH is 2. The summed E-state index contributed by atoms with van der Waals surface area (Å²) in [5, 5.41) is 19.0. The van der Waals surface area contributed by atoms with E-state index in [4.69, 9.17) is 4.74 Å². The number of alkyl halides is 2. The molecule has 8 heteroatoms. The number of hydrogen-bond donors (Lipinski definition) is 2. The van der Waals surface area contributed by atoms with Crippen molar-refractivity contribution in [2.45, 2.75) is 31.3 Å². The van der Waals surface area contributed by atoms with Crippen molar-refractivity contribution >= 4 is 6.08 Å². The minimum atomic E-state index is -3.11. The van der Waals surface area contributed by atoms with Crippen LogP contribution in [0.25, 0.3) is 17.2 Å². The Morgan fingerprint density at radius 1 is 1.12 bits per heavy atom. The molecule has 6 nitrogen and oxygen atoms in total. The minimum Gasteiger partial charge on any atom is -0.488 e. The SMILES string of the molecule is OCc1nccn1C(/C=C/c1ccc(-c2ccc(O[C@@H]3COC(F)(F)C3)cc2)cc1)CO. The Kier molecular flexibility index (Phi) is 6.64. The second-order valence-electron chi connectivity index (χ2n) is 7.56. The molecule has 168 valence electrons. The molecule has 0 spiro atoms. The van der Waals surface area contributed by atoms with Crippen LogP contribution in [0.3, 0.4) is 0 Å². The second-order valence-corrected chi connectivity index (χ2v) is 7.56. The molecule has 0 aliphatic carbocycles. The Bertz CT molecular complexity index is 1050. The van der Waals surface area contributed by atoms with Gasteiger partial charge in [-0.2, -0.15) is 8.78 Å². The van der Waals surface area contributed by atoms with Crippen molar-refractivity contribution in [2.24, 2.45) is 0 Å². The first-order valence-corrected chi connectivity index (χ1v) is 10.3. The van der Waals surface area contributed by atoms with Crippen molar-refractivity contribution in [2.75, 3.05) is 13.2 Å². The van der Waals surface area contributed by atoms with E-state index in [1.54, 1.807) is 29.1 Å². The number of ether oxygens (including phenoxy) is 2. The predicted molar refractivity (Wildman–Crippen MR) is 115 cm³/mol. The molecule has 1 aliphatic rings. The van der Waals surface area contributed by atoms with E-state index in [2.05, 4.69) is 9.72 Å². The lowest BCUT2D eigenvalue weighted by Crippen LogP contribution is -2.18.